The number of benzene rings is 2. The predicted octanol–water partition coefficient (Wildman–Crippen LogP) is 2.48. The van der Waals surface area contributed by atoms with E-state index in [4.69, 9.17) is 0 Å². The average Bonchev–Trinajstić information content (AvgIpc) is 2.55. The molecule has 8 heteroatoms. The Morgan fingerprint density at radius 1 is 0.957 bits per heavy atom. The van der Waals surface area contributed by atoms with Crippen molar-refractivity contribution in [2.24, 2.45) is 0 Å². The summed E-state index contributed by atoms with van der Waals surface area (Å²) in [6.45, 7) is 0.319. The van der Waals surface area contributed by atoms with Crippen LogP contribution in [0.25, 0.3) is 0 Å². The van der Waals surface area contributed by atoms with Gasteiger partial charge in [0.2, 0.25) is 0 Å². The third kappa shape index (κ3) is 4.34. The minimum absolute atomic E-state index is 0.112. The van der Waals surface area contributed by atoms with Crippen molar-refractivity contribution in [3.8, 4) is 0 Å². The van der Waals surface area contributed by atoms with Crippen molar-refractivity contribution >= 4 is 17.3 Å². The van der Waals surface area contributed by atoms with Crippen molar-refractivity contribution in [1.29, 1.82) is 0 Å². The van der Waals surface area contributed by atoms with Crippen molar-refractivity contribution in [1.82, 2.24) is 5.32 Å². The number of nitrogens with zero attached hydrogens (tertiary/aromatic N) is 2. The highest BCUT2D eigenvalue weighted by Crippen LogP contribution is 2.22. The summed E-state index contributed by atoms with van der Waals surface area (Å²) in [4.78, 5) is 32.1. The molecule has 0 heterocycles. The van der Waals surface area contributed by atoms with E-state index in [1.54, 1.807) is 0 Å². The molecule has 2 rings (SSSR count). The van der Waals surface area contributed by atoms with Crippen LogP contribution in [0.2, 0.25) is 0 Å². The number of rotatable bonds is 6. The number of nitro benzene ring substituents is 2. The largest absolute Gasteiger partial charge is 0.352 e. The van der Waals surface area contributed by atoms with Crippen LogP contribution in [0.4, 0.5) is 11.4 Å². The van der Waals surface area contributed by atoms with Crippen LogP contribution in [0.5, 0.6) is 0 Å². The zero-order valence-electron chi connectivity index (χ0n) is 12.0. The summed E-state index contributed by atoms with van der Waals surface area (Å²) in [7, 11) is 0. The van der Waals surface area contributed by atoms with Crippen LogP contribution in [0.1, 0.15) is 15.9 Å². The number of hydrogen-bond donors (Lipinski definition) is 1. The topological polar surface area (TPSA) is 115 Å². The lowest BCUT2D eigenvalue weighted by atomic mass is 10.1. The molecule has 0 aromatic heterocycles. The van der Waals surface area contributed by atoms with E-state index in [-0.39, 0.29) is 5.56 Å². The van der Waals surface area contributed by atoms with Crippen molar-refractivity contribution in [3.05, 3.63) is 79.9 Å². The number of carbonyl (C=O) groups excluding carboxylic acids is 1. The first-order valence-corrected chi connectivity index (χ1v) is 6.73. The van der Waals surface area contributed by atoms with Gasteiger partial charge < -0.3 is 5.32 Å². The van der Waals surface area contributed by atoms with Gasteiger partial charge in [0.15, 0.2) is 0 Å². The Morgan fingerprint density at radius 2 is 1.52 bits per heavy atom. The monoisotopic (exact) mass is 315 g/mol. The van der Waals surface area contributed by atoms with E-state index in [2.05, 4.69) is 5.32 Å². The molecule has 8 nitrogen and oxygen atoms in total. The maximum atomic E-state index is 12.0. The zero-order valence-corrected chi connectivity index (χ0v) is 12.0. The van der Waals surface area contributed by atoms with Gasteiger partial charge in [-0.15, -0.1) is 0 Å². The quantitative estimate of drug-likeness (QED) is 0.649. The lowest BCUT2D eigenvalue weighted by Gasteiger charge is -2.05. The van der Waals surface area contributed by atoms with Gasteiger partial charge in [-0.25, -0.2) is 0 Å². The van der Waals surface area contributed by atoms with E-state index in [0.29, 0.717) is 13.0 Å². The lowest BCUT2D eigenvalue weighted by Crippen LogP contribution is -2.25. The third-order valence-electron chi connectivity index (χ3n) is 3.13. The normalized spacial score (nSPS) is 10.1. The molecular weight excluding hydrogens is 302 g/mol. The molecule has 0 aliphatic rings. The Morgan fingerprint density at radius 3 is 2.04 bits per heavy atom. The SMILES string of the molecule is O=C(NCCc1ccccc1)c1cc([N+](=O)[O-])cc([N+](=O)[O-])c1. The minimum Gasteiger partial charge on any atom is -0.352 e. The van der Waals surface area contributed by atoms with E-state index in [0.717, 1.165) is 23.8 Å². The maximum absolute atomic E-state index is 12.0. The summed E-state index contributed by atoms with van der Waals surface area (Å²) >= 11 is 0. The number of non-ortho nitro benzene ring substituents is 2. The van der Waals surface area contributed by atoms with E-state index in [1.807, 2.05) is 30.3 Å². The molecule has 0 aliphatic carbocycles. The van der Waals surface area contributed by atoms with Crippen LogP contribution in [-0.4, -0.2) is 22.3 Å². The van der Waals surface area contributed by atoms with E-state index in [9.17, 15) is 25.0 Å². The van der Waals surface area contributed by atoms with Gasteiger partial charge in [0, 0.05) is 18.7 Å². The fraction of sp³-hybridized carbons (Fsp3) is 0.133. The van der Waals surface area contributed by atoms with Gasteiger partial charge >= 0.3 is 0 Å². The second-order valence-electron chi connectivity index (χ2n) is 4.74. The second kappa shape index (κ2) is 7.12. The molecule has 0 bridgehead atoms. The molecule has 0 atom stereocenters. The fourth-order valence-electron chi connectivity index (χ4n) is 2.00. The van der Waals surface area contributed by atoms with Crippen LogP contribution in [0.15, 0.2) is 48.5 Å². The summed E-state index contributed by atoms with van der Waals surface area (Å²) in [6.07, 6.45) is 0.587. The molecular formula is C15H13N3O5. The Balaban J connectivity index is 2.09. The number of amides is 1. The van der Waals surface area contributed by atoms with Crippen molar-refractivity contribution in [2.75, 3.05) is 6.54 Å². The Hall–Kier alpha value is -3.29. The zero-order chi connectivity index (χ0) is 16.8. The molecule has 0 aliphatic heterocycles. The molecule has 1 N–H and O–H groups in total. The first-order valence-electron chi connectivity index (χ1n) is 6.73. The standard InChI is InChI=1S/C15H13N3O5/c19-15(16-7-6-11-4-2-1-3-5-11)12-8-13(17(20)21)10-14(9-12)18(22)23/h1-5,8-10H,6-7H2,(H,16,19). The highest BCUT2D eigenvalue weighted by Gasteiger charge is 2.19. The van der Waals surface area contributed by atoms with Gasteiger partial charge in [-0.05, 0) is 12.0 Å². The minimum atomic E-state index is -0.770. The summed E-state index contributed by atoms with van der Waals surface area (Å²) in [5.74, 6) is -0.590. The summed E-state index contributed by atoms with van der Waals surface area (Å²) in [5, 5.41) is 24.2. The fourth-order valence-corrected chi connectivity index (χ4v) is 2.00. The lowest BCUT2D eigenvalue weighted by molar-refractivity contribution is -0.394. The van der Waals surface area contributed by atoms with Crippen LogP contribution >= 0.6 is 0 Å². The Bertz CT molecular complexity index is 714. The van der Waals surface area contributed by atoms with Crippen LogP contribution in [-0.2, 0) is 6.42 Å². The number of hydrogen-bond acceptors (Lipinski definition) is 5. The Labute approximate surface area is 131 Å². The van der Waals surface area contributed by atoms with Gasteiger partial charge in [-0.3, -0.25) is 25.0 Å². The number of carbonyl (C=O) groups is 1. The maximum Gasteiger partial charge on any atom is 0.277 e. The van der Waals surface area contributed by atoms with Crippen LogP contribution < -0.4 is 5.32 Å². The molecule has 0 fully saturated rings. The summed E-state index contributed by atoms with van der Waals surface area (Å²) in [6, 6.07) is 12.3. The van der Waals surface area contributed by atoms with Gasteiger partial charge in [0.25, 0.3) is 17.3 Å². The molecule has 0 spiro atoms. The van der Waals surface area contributed by atoms with Crippen LogP contribution in [0, 0.1) is 20.2 Å². The van der Waals surface area contributed by atoms with Gasteiger partial charge in [0.05, 0.1) is 21.5 Å². The first-order chi connectivity index (χ1) is 11.0. The number of nitro groups is 2. The highest BCUT2D eigenvalue weighted by atomic mass is 16.6. The molecule has 0 saturated carbocycles. The van der Waals surface area contributed by atoms with Gasteiger partial charge in [-0.1, -0.05) is 30.3 Å². The summed E-state index contributed by atoms with van der Waals surface area (Å²) in [5.41, 5.74) is -0.0726. The van der Waals surface area contributed by atoms with Crippen LogP contribution in [0.3, 0.4) is 0 Å². The number of nitrogens with one attached hydrogen (secondary N) is 1. The van der Waals surface area contributed by atoms with Crippen molar-refractivity contribution in [3.63, 3.8) is 0 Å². The molecule has 118 valence electrons. The average molecular weight is 315 g/mol. The van der Waals surface area contributed by atoms with Gasteiger partial charge in [-0.2, -0.15) is 0 Å². The smallest absolute Gasteiger partial charge is 0.277 e. The first kappa shape index (κ1) is 16.1. The Kier molecular flexibility index (Phi) is 4.98. The molecule has 1 amide bonds. The third-order valence-corrected chi connectivity index (χ3v) is 3.13. The molecule has 0 radical (unpaired) electrons. The van der Waals surface area contributed by atoms with E-state index < -0.39 is 27.1 Å². The second-order valence-corrected chi connectivity index (χ2v) is 4.74. The van der Waals surface area contributed by atoms with Crippen molar-refractivity contribution < 1.29 is 14.6 Å². The summed E-state index contributed by atoms with van der Waals surface area (Å²) < 4.78 is 0. The van der Waals surface area contributed by atoms with Crippen molar-refractivity contribution in [2.45, 2.75) is 6.42 Å². The predicted molar refractivity (Wildman–Crippen MR) is 82.2 cm³/mol. The molecule has 0 saturated heterocycles. The highest BCUT2D eigenvalue weighted by molar-refractivity contribution is 5.95. The van der Waals surface area contributed by atoms with E-state index in [1.165, 1.54) is 0 Å². The molecule has 2 aromatic carbocycles. The molecule has 23 heavy (non-hydrogen) atoms. The molecule has 0 unspecified atom stereocenters. The van der Waals surface area contributed by atoms with Gasteiger partial charge in [0.1, 0.15) is 0 Å². The molecule has 2 aromatic rings. The van der Waals surface area contributed by atoms with E-state index >= 15 is 0 Å².